The lowest BCUT2D eigenvalue weighted by molar-refractivity contribution is -0.143. The molecular formula is C30H39N5O7. The predicted molar refractivity (Wildman–Crippen MR) is 157 cm³/mol. The van der Waals surface area contributed by atoms with Crippen LogP contribution in [0, 0.1) is 5.41 Å². The normalized spacial score (nSPS) is 14.3. The Hall–Kier alpha value is -4.61. The van der Waals surface area contributed by atoms with E-state index in [1.165, 1.54) is 0 Å². The number of aryl methyl sites for hydroxylation is 1. The van der Waals surface area contributed by atoms with Gasteiger partial charge in [0.25, 0.3) is 5.91 Å². The molecule has 2 aromatic carbocycles. The van der Waals surface area contributed by atoms with Gasteiger partial charge >= 0.3 is 11.9 Å². The number of piperidine rings is 1. The third-order valence-corrected chi connectivity index (χ3v) is 6.59. The van der Waals surface area contributed by atoms with Crippen molar-refractivity contribution in [3.05, 3.63) is 59.2 Å². The minimum Gasteiger partial charge on any atom is -0.491 e. The standard InChI is InChI=1S/C30H39N5O7/c1-3-33-35-15-13-25(14-16-35)42-24-10-7-21(8-11-24)30(39)34-23(18-27(36)37)19-41-26-17-22(29(31)32)6-5-20(26)9-12-28(38)40-4-2/h3,5-8,10-11,17,23,25H,4,9,12-16,18-19H2,1-2H3,(H3,31,32)(H,34,39)(H,36,37)/b33-3+/t23-/m1/s1. The summed E-state index contributed by atoms with van der Waals surface area (Å²) in [5.41, 5.74) is 7.04. The number of aliphatic carboxylic acids is 1. The molecule has 1 amide bonds. The molecule has 12 nitrogen and oxygen atoms in total. The third-order valence-electron chi connectivity index (χ3n) is 6.59. The van der Waals surface area contributed by atoms with E-state index < -0.39 is 17.9 Å². The van der Waals surface area contributed by atoms with Crippen molar-refractivity contribution in [2.45, 2.75) is 58.1 Å². The second-order valence-corrected chi connectivity index (χ2v) is 9.79. The Morgan fingerprint density at radius 3 is 2.48 bits per heavy atom. The smallest absolute Gasteiger partial charge is 0.306 e. The van der Waals surface area contributed by atoms with Crippen molar-refractivity contribution in [2.24, 2.45) is 10.8 Å². The lowest BCUT2D eigenvalue weighted by Crippen LogP contribution is -2.40. The van der Waals surface area contributed by atoms with Crippen LogP contribution in [0.4, 0.5) is 0 Å². The Balaban J connectivity index is 1.62. The summed E-state index contributed by atoms with van der Waals surface area (Å²) in [5.74, 6) is -1.11. The third kappa shape index (κ3) is 10.1. The number of hydrogen-bond donors (Lipinski definition) is 4. The first-order valence-electron chi connectivity index (χ1n) is 14.0. The quantitative estimate of drug-likeness (QED) is 0.140. The van der Waals surface area contributed by atoms with Gasteiger partial charge in [-0.1, -0.05) is 12.1 Å². The molecule has 1 heterocycles. The van der Waals surface area contributed by atoms with Gasteiger partial charge in [-0.25, -0.2) is 0 Å². The van der Waals surface area contributed by atoms with Crippen molar-refractivity contribution in [3.8, 4) is 11.5 Å². The molecule has 3 rings (SSSR count). The fourth-order valence-corrected chi connectivity index (χ4v) is 4.47. The SMILES string of the molecule is C/C=N/N1CCC(Oc2ccc(C(=O)N[C@@H](COc3cc(C(=N)N)ccc3CCC(=O)OCC)CC(=O)O)cc2)CC1. The van der Waals surface area contributed by atoms with E-state index in [2.05, 4.69) is 10.4 Å². The average molecular weight is 582 g/mol. The minimum atomic E-state index is -1.11. The number of nitrogens with one attached hydrogen (secondary N) is 2. The van der Waals surface area contributed by atoms with Gasteiger partial charge in [-0.2, -0.15) is 5.10 Å². The molecule has 1 aliphatic rings. The first kappa shape index (κ1) is 31.9. The van der Waals surface area contributed by atoms with Gasteiger partial charge in [0.15, 0.2) is 0 Å². The van der Waals surface area contributed by atoms with Crippen LogP contribution in [0.5, 0.6) is 11.5 Å². The Kier molecular flexibility index (Phi) is 12.1. The summed E-state index contributed by atoms with van der Waals surface area (Å²) in [6.07, 6.45) is 3.57. The second kappa shape index (κ2) is 16.0. The molecule has 12 heteroatoms. The summed E-state index contributed by atoms with van der Waals surface area (Å²) in [7, 11) is 0. The number of esters is 1. The zero-order valence-electron chi connectivity index (χ0n) is 24.0. The summed E-state index contributed by atoms with van der Waals surface area (Å²) < 4.78 is 17.0. The highest BCUT2D eigenvalue weighted by Crippen LogP contribution is 2.23. The fourth-order valence-electron chi connectivity index (χ4n) is 4.47. The predicted octanol–water partition coefficient (Wildman–Crippen LogP) is 2.97. The fraction of sp³-hybridized carbons (Fsp3) is 0.433. The van der Waals surface area contributed by atoms with Crippen LogP contribution in [0.1, 0.15) is 61.0 Å². The number of nitrogens with zero attached hydrogens (tertiary/aromatic N) is 2. The zero-order valence-corrected chi connectivity index (χ0v) is 24.0. The number of hydrogen-bond acceptors (Lipinski definition) is 9. The van der Waals surface area contributed by atoms with Crippen LogP contribution in [0.15, 0.2) is 47.6 Å². The first-order valence-corrected chi connectivity index (χ1v) is 14.0. The van der Waals surface area contributed by atoms with Crippen molar-refractivity contribution in [2.75, 3.05) is 26.3 Å². The van der Waals surface area contributed by atoms with E-state index in [1.807, 2.05) is 11.9 Å². The Labute approximate surface area is 245 Å². The highest BCUT2D eigenvalue weighted by atomic mass is 16.5. The van der Waals surface area contributed by atoms with Crippen molar-refractivity contribution < 1.29 is 33.7 Å². The molecule has 1 aliphatic heterocycles. The van der Waals surface area contributed by atoms with E-state index in [1.54, 1.807) is 55.6 Å². The molecule has 1 saturated heterocycles. The number of ether oxygens (including phenoxy) is 3. The molecule has 0 saturated carbocycles. The van der Waals surface area contributed by atoms with E-state index in [4.69, 9.17) is 25.4 Å². The Bertz CT molecular complexity index is 1260. The number of nitrogens with two attached hydrogens (primary N) is 1. The van der Waals surface area contributed by atoms with Crippen LogP contribution < -0.4 is 20.5 Å². The maximum atomic E-state index is 13.0. The summed E-state index contributed by atoms with van der Waals surface area (Å²) in [5, 5.41) is 26.2. The van der Waals surface area contributed by atoms with E-state index in [9.17, 15) is 19.5 Å². The number of carbonyl (C=O) groups excluding carboxylic acids is 2. The summed E-state index contributed by atoms with van der Waals surface area (Å²) in [6.45, 7) is 5.35. The topological polar surface area (TPSA) is 177 Å². The Morgan fingerprint density at radius 1 is 1.17 bits per heavy atom. The van der Waals surface area contributed by atoms with Crippen LogP contribution in [0.25, 0.3) is 0 Å². The van der Waals surface area contributed by atoms with Gasteiger partial charge in [-0.05, 0) is 56.2 Å². The monoisotopic (exact) mass is 581 g/mol. The number of amides is 1. The number of carbonyl (C=O) groups is 3. The molecule has 1 atom stereocenters. The highest BCUT2D eigenvalue weighted by molar-refractivity contribution is 5.95. The molecule has 0 aromatic heterocycles. The molecule has 5 N–H and O–H groups in total. The minimum absolute atomic E-state index is 0.0637. The van der Waals surface area contributed by atoms with Gasteiger partial charge in [0.2, 0.25) is 0 Å². The maximum absolute atomic E-state index is 13.0. The van der Waals surface area contributed by atoms with E-state index >= 15 is 0 Å². The van der Waals surface area contributed by atoms with Gasteiger partial charge in [0.1, 0.15) is 30.0 Å². The number of carboxylic acids is 1. The number of rotatable bonds is 15. The highest BCUT2D eigenvalue weighted by Gasteiger charge is 2.21. The van der Waals surface area contributed by atoms with Crippen LogP contribution in [-0.4, -0.2) is 78.5 Å². The lowest BCUT2D eigenvalue weighted by Gasteiger charge is -2.30. The second-order valence-electron chi connectivity index (χ2n) is 9.79. The van der Waals surface area contributed by atoms with Crippen LogP contribution in [-0.2, 0) is 20.7 Å². The molecule has 0 aliphatic carbocycles. The van der Waals surface area contributed by atoms with Crippen molar-refractivity contribution in [3.63, 3.8) is 0 Å². The molecular weight excluding hydrogens is 542 g/mol. The average Bonchev–Trinajstić information content (AvgIpc) is 2.96. The van der Waals surface area contributed by atoms with Gasteiger partial charge in [0, 0.05) is 49.7 Å². The summed E-state index contributed by atoms with van der Waals surface area (Å²) in [6, 6.07) is 10.7. The number of hydrazone groups is 1. The zero-order chi connectivity index (χ0) is 30.5. The van der Waals surface area contributed by atoms with E-state index in [-0.39, 0.29) is 44.0 Å². The lowest BCUT2D eigenvalue weighted by atomic mass is 10.0. The molecule has 226 valence electrons. The van der Waals surface area contributed by atoms with Crippen LogP contribution >= 0.6 is 0 Å². The van der Waals surface area contributed by atoms with E-state index in [0.29, 0.717) is 34.6 Å². The molecule has 1 fully saturated rings. The number of nitrogen functional groups attached to an aromatic ring is 1. The van der Waals surface area contributed by atoms with Crippen molar-refractivity contribution in [1.82, 2.24) is 10.3 Å². The molecule has 0 radical (unpaired) electrons. The summed E-state index contributed by atoms with van der Waals surface area (Å²) >= 11 is 0. The largest absolute Gasteiger partial charge is 0.491 e. The molecule has 0 unspecified atom stereocenters. The molecule has 0 bridgehead atoms. The Morgan fingerprint density at radius 2 is 1.86 bits per heavy atom. The van der Waals surface area contributed by atoms with Gasteiger partial charge in [0.05, 0.1) is 19.1 Å². The molecule has 42 heavy (non-hydrogen) atoms. The molecule has 0 spiro atoms. The van der Waals surface area contributed by atoms with Crippen LogP contribution in [0.3, 0.4) is 0 Å². The van der Waals surface area contributed by atoms with Gasteiger partial charge in [-0.15, -0.1) is 0 Å². The van der Waals surface area contributed by atoms with Crippen molar-refractivity contribution in [1.29, 1.82) is 5.41 Å². The molecule has 2 aromatic rings. The number of amidine groups is 1. The number of benzene rings is 2. The number of carboxylic acid groups (broad SMARTS) is 1. The van der Waals surface area contributed by atoms with Crippen molar-refractivity contribution >= 4 is 29.9 Å². The van der Waals surface area contributed by atoms with Crippen LogP contribution in [0.2, 0.25) is 0 Å². The first-order chi connectivity index (χ1) is 20.2. The van der Waals surface area contributed by atoms with Gasteiger partial charge < -0.3 is 30.4 Å². The van der Waals surface area contributed by atoms with E-state index in [0.717, 1.165) is 25.9 Å². The van der Waals surface area contributed by atoms with Gasteiger partial charge in [-0.3, -0.25) is 24.8 Å². The maximum Gasteiger partial charge on any atom is 0.306 e. The summed E-state index contributed by atoms with van der Waals surface area (Å²) in [4.78, 5) is 36.4.